The zero-order valence-corrected chi connectivity index (χ0v) is 13.0. The van der Waals surface area contributed by atoms with E-state index in [0.717, 1.165) is 31.1 Å². The number of nitrogens with one attached hydrogen (secondary N) is 2. The zero-order valence-electron chi connectivity index (χ0n) is 10.6. The van der Waals surface area contributed by atoms with Gasteiger partial charge in [0.1, 0.15) is 15.9 Å². The molecule has 0 saturated carbocycles. The van der Waals surface area contributed by atoms with Crippen molar-refractivity contribution >= 4 is 45.2 Å². The van der Waals surface area contributed by atoms with E-state index in [-0.39, 0.29) is 23.3 Å². The van der Waals surface area contributed by atoms with Gasteiger partial charge in [-0.15, -0.1) is 12.4 Å². The summed E-state index contributed by atoms with van der Waals surface area (Å²) in [6, 6.07) is 4.97. The minimum atomic E-state index is -3.54. The normalized spacial score (nSPS) is 19.7. The van der Waals surface area contributed by atoms with E-state index in [1.165, 1.54) is 0 Å². The number of fused-ring (bicyclic) bond motifs is 1. The highest BCUT2D eigenvalue weighted by molar-refractivity contribution is 7.89. The molecule has 0 spiro atoms. The third-order valence-corrected chi connectivity index (χ3v) is 5.25. The Hall–Kier alpha value is -0.800. The van der Waals surface area contributed by atoms with Crippen LogP contribution in [0.3, 0.4) is 0 Å². The number of halogens is 1. The highest BCUT2D eigenvalue weighted by Crippen LogP contribution is 2.21. The van der Waals surface area contributed by atoms with Gasteiger partial charge in [-0.25, -0.2) is 13.1 Å². The standard InChI is InChI=1S/C11H14N4O2S2.ClH/c16-19(17,15-8-3-2-6-12-7-8)10-5-1-4-9-11(10)14-18-13-9;/h1,4-5,8,12,15H,2-3,6-7H2;1H/t8-;/m1./s1. The van der Waals surface area contributed by atoms with E-state index in [2.05, 4.69) is 18.8 Å². The molecule has 110 valence electrons. The molecule has 0 amide bonds. The van der Waals surface area contributed by atoms with E-state index in [1.54, 1.807) is 18.2 Å². The van der Waals surface area contributed by atoms with Crippen molar-refractivity contribution in [3.05, 3.63) is 18.2 Å². The maximum absolute atomic E-state index is 12.4. The molecule has 0 unspecified atom stereocenters. The third-order valence-electron chi connectivity index (χ3n) is 3.16. The minimum absolute atomic E-state index is 0. The smallest absolute Gasteiger partial charge is 0.243 e. The molecule has 2 heterocycles. The summed E-state index contributed by atoms with van der Waals surface area (Å²) in [6.07, 6.45) is 1.84. The second-order valence-corrected chi connectivity index (χ2v) is 6.76. The molecule has 1 fully saturated rings. The molecule has 6 nitrogen and oxygen atoms in total. The first kappa shape index (κ1) is 15.6. The number of rotatable bonds is 3. The second-order valence-electron chi connectivity index (χ2n) is 4.55. The van der Waals surface area contributed by atoms with Gasteiger partial charge < -0.3 is 5.32 Å². The van der Waals surface area contributed by atoms with Crippen molar-refractivity contribution in [3.8, 4) is 0 Å². The van der Waals surface area contributed by atoms with Gasteiger partial charge in [-0.05, 0) is 31.5 Å². The Morgan fingerprint density at radius 1 is 1.35 bits per heavy atom. The van der Waals surface area contributed by atoms with E-state index in [1.807, 2.05) is 0 Å². The molecule has 1 aliphatic rings. The van der Waals surface area contributed by atoms with Crippen LogP contribution in [0.1, 0.15) is 12.8 Å². The lowest BCUT2D eigenvalue weighted by molar-refractivity contribution is 0.429. The maximum atomic E-state index is 12.4. The van der Waals surface area contributed by atoms with Crippen LogP contribution in [0.5, 0.6) is 0 Å². The van der Waals surface area contributed by atoms with Gasteiger partial charge in [0, 0.05) is 12.6 Å². The van der Waals surface area contributed by atoms with E-state index in [9.17, 15) is 8.42 Å². The highest BCUT2D eigenvalue weighted by atomic mass is 35.5. The summed E-state index contributed by atoms with van der Waals surface area (Å²) in [4.78, 5) is 0.212. The molecule has 2 aromatic rings. The van der Waals surface area contributed by atoms with Crippen molar-refractivity contribution in [1.82, 2.24) is 18.8 Å². The number of benzene rings is 1. The third kappa shape index (κ3) is 3.09. The van der Waals surface area contributed by atoms with Crippen LogP contribution in [0.25, 0.3) is 11.0 Å². The Morgan fingerprint density at radius 3 is 2.95 bits per heavy atom. The van der Waals surface area contributed by atoms with E-state index in [4.69, 9.17) is 0 Å². The topological polar surface area (TPSA) is 84.0 Å². The van der Waals surface area contributed by atoms with E-state index >= 15 is 0 Å². The Kier molecular flexibility index (Phi) is 4.92. The Labute approximate surface area is 127 Å². The molecule has 0 aliphatic carbocycles. The summed E-state index contributed by atoms with van der Waals surface area (Å²) in [5.41, 5.74) is 1.07. The first-order valence-corrected chi connectivity index (χ1v) is 8.32. The van der Waals surface area contributed by atoms with Crippen LogP contribution in [-0.4, -0.2) is 36.3 Å². The first-order chi connectivity index (χ1) is 9.17. The van der Waals surface area contributed by atoms with Crippen LogP contribution in [0.2, 0.25) is 0 Å². The lowest BCUT2D eigenvalue weighted by Gasteiger charge is -2.23. The van der Waals surface area contributed by atoms with Crippen LogP contribution in [-0.2, 0) is 10.0 Å². The van der Waals surface area contributed by atoms with Gasteiger partial charge in [-0.3, -0.25) is 0 Å². The Morgan fingerprint density at radius 2 is 2.20 bits per heavy atom. The molecule has 1 atom stereocenters. The zero-order chi connectivity index (χ0) is 13.3. The van der Waals surface area contributed by atoms with Crippen molar-refractivity contribution in [2.45, 2.75) is 23.8 Å². The molecule has 1 saturated heterocycles. The number of hydrogen-bond acceptors (Lipinski definition) is 6. The van der Waals surface area contributed by atoms with Gasteiger partial charge in [0.2, 0.25) is 10.0 Å². The number of aromatic nitrogens is 2. The van der Waals surface area contributed by atoms with Crippen LogP contribution in [0.15, 0.2) is 23.1 Å². The molecule has 9 heteroatoms. The summed E-state index contributed by atoms with van der Waals surface area (Å²) < 4.78 is 35.7. The number of nitrogens with zero attached hydrogens (tertiary/aromatic N) is 2. The van der Waals surface area contributed by atoms with Crippen molar-refractivity contribution in [1.29, 1.82) is 0 Å². The van der Waals surface area contributed by atoms with Crippen LogP contribution >= 0.6 is 24.1 Å². The largest absolute Gasteiger partial charge is 0.315 e. The van der Waals surface area contributed by atoms with Crippen LogP contribution in [0.4, 0.5) is 0 Å². The van der Waals surface area contributed by atoms with Crippen molar-refractivity contribution < 1.29 is 8.42 Å². The summed E-state index contributed by atoms with van der Waals surface area (Å²) in [5.74, 6) is 0. The SMILES string of the molecule is Cl.O=S(=O)(N[C@@H]1CCCNC1)c1cccc2nsnc12. The fourth-order valence-electron chi connectivity index (χ4n) is 2.23. The summed E-state index contributed by atoms with van der Waals surface area (Å²) in [6.45, 7) is 1.62. The van der Waals surface area contributed by atoms with Gasteiger partial charge in [0.25, 0.3) is 0 Å². The average Bonchev–Trinajstić information content (AvgIpc) is 2.87. The van der Waals surface area contributed by atoms with Crippen molar-refractivity contribution in [2.75, 3.05) is 13.1 Å². The predicted octanol–water partition coefficient (Wildman–Crippen LogP) is 1.14. The molecule has 1 aromatic heterocycles. The van der Waals surface area contributed by atoms with Gasteiger partial charge in [-0.2, -0.15) is 8.75 Å². The lowest BCUT2D eigenvalue weighted by atomic mass is 10.1. The fraction of sp³-hybridized carbons (Fsp3) is 0.455. The molecular formula is C11H15ClN4O2S2. The molecule has 0 bridgehead atoms. The van der Waals surface area contributed by atoms with E-state index in [0.29, 0.717) is 17.6 Å². The van der Waals surface area contributed by atoms with Gasteiger partial charge in [0.05, 0.1) is 11.7 Å². The van der Waals surface area contributed by atoms with Crippen LogP contribution < -0.4 is 10.0 Å². The molecule has 0 radical (unpaired) electrons. The number of hydrogen-bond donors (Lipinski definition) is 2. The minimum Gasteiger partial charge on any atom is -0.315 e. The number of sulfonamides is 1. The highest BCUT2D eigenvalue weighted by Gasteiger charge is 2.24. The first-order valence-electron chi connectivity index (χ1n) is 6.11. The van der Waals surface area contributed by atoms with E-state index < -0.39 is 10.0 Å². The van der Waals surface area contributed by atoms with Crippen LogP contribution in [0, 0.1) is 0 Å². The number of piperidine rings is 1. The van der Waals surface area contributed by atoms with Crippen molar-refractivity contribution in [2.24, 2.45) is 0 Å². The quantitative estimate of drug-likeness (QED) is 0.879. The lowest BCUT2D eigenvalue weighted by Crippen LogP contribution is -2.45. The monoisotopic (exact) mass is 334 g/mol. The molecule has 1 aromatic carbocycles. The Bertz CT molecular complexity index is 683. The second kappa shape index (κ2) is 6.31. The summed E-state index contributed by atoms with van der Waals surface area (Å²) in [7, 11) is -3.54. The van der Waals surface area contributed by atoms with Gasteiger partial charge >= 0.3 is 0 Å². The van der Waals surface area contributed by atoms with Crippen molar-refractivity contribution in [3.63, 3.8) is 0 Å². The molecule has 3 rings (SSSR count). The summed E-state index contributed by atoms with van der Waals surface area (Å²) >= 11 is 1.02. The Balaban J connectivity index is 0.00000147. The fourth-order valence-corrected chi connectivity index (χ4v) is 4.27. The molecule has 2 N–H and O–H groups in total. The molecule has 1 aliphatic heterocycles. The maximum Gasteiger partial charge on any atom is 0.243 e. The average molecular weight is 335 g/mol. The summed E-state index contributed by atoms with van der Waals surface area (Å²) in [5, 5.41) is 3.19. The van der Waals surface area contributed by atoms with Gasteiger partial charge in [0.15, 0.2) is 0 Å². The molecular weight excluding hydrogens is 320 g/mol. The predicted molar refractivity (Wildman–Crippen MR) is 80.9 cm³/mol. The molecule has 20 heavy (non-hydrogen) atoms. The van der Waals surface area contributed by atoms with Gasteiger partial charge in [-0.1, -0.05) is 6.07 Å².